The minimum absolute atomic E-state index is 0. The zero-order chi connectivity index (χ0) is 7.54. The van der Waals surface area contributed by atoms with E-state index in [1.165, 1.54) is 0 Å². The van der Waals surface area contributed by atoms with Crippen molar-refractivity contribution in [3.05, 3.63) is 24.3 Å². The van der Waals surface area contributed by atoms with Crippen molar-refractivity contribution in [3.8, 4) is 0 Å². The second kappa shape index (κ2) is 31.2. The first-order valence-electron chi connectivity index (χ1n) is 2.61. The van der Waals surface area contributed by atoms with Crippen molar-refractivity contribution < 1.29 is 48.5 Å². The summed E-state index contributed by atoms with van der Waals surface area (Å²) in [5, 5.41) is 14.0. The molecule has 0 spiro atoms. The van der Waals surface area contributed by atoms with Crippen LogP contribution in [0.15, 0.2) is 18.2 Å². The molecule has 0 amide bonds. The van der Waals surface area contributed by atoms with Gasteiger partial charge in [-0.1, -0.05) is 0 Å². The van der Waals surface area contributed by atoms with Crippen LogP contribution in [0, 0.1) is 6.08 Å². The molecule has 0 atom stereocenters. The fourth-order valence-electron chi connectivity index (χ4n) is 0.340. The van der Waals surface area contributed by atoms with Crippen LogP contribution in [0.25, 0.3) is 0 Å². The SMILES string of the molecule is CO.CO.[C-]1=CC=CC1.[Cl-].[Hf]. The van der Waals surface area contributed by atoms with Crippen LogP contribution in [-0.2, 0) is 25.8 Å². The van der Waals surface area contributed by atoms with E-state index in [0.717, 1.165) is 20.6 Å². The summed E-state index contributed by atoms with van der Waals surface area (Å²) >= 11 is 0. The first-order valence-corrected chi connectivity index (χ1v) is 2.61. The first-order chi connectivity index (χ1) is 4.50. The maximum Gasteiger partial charge on any atom is 0.0319 e. The quantitative estimate of drug-likeness (QED) is 0.378. The third-order valence-electron chi connectivity index (χ3n) is 0.586. The van der Waals surface area contributed by atoms with Gasteiger partial charge in [-0.15, -0.1) is 6.42 Å². The average molecular weight is 343 g/mol. The zero-order valence-electron chi connectivity index (χ0n) is 6.71. The zero-order valence-corrected chi connectivity index (χ0v) is 11.1. The van der Waals surface area contributed by atoms with Crippen LogP contribution in [0.5, 0.6) is 0 Å². The van der Waals surface area contributed by atoms with Gasteiger partial charge in [0.05, 0.1) is 0 Å². The van der Waals surface area contributed by atoms with Crippen LogP contribution in [-0.4, -0.2) is 24.4 Å². The Bertz CT molecular complexity index is 74.5. The third kappa shape index (κ3) is 25.0. The molecule has 0 aliphatic heterocycles. The van der Waals surface area contributed by atoms with Crippen molar-refractivity contribution >= 4 is 0 Å². The standard InChI is InChI=1S/C5H5.2CH4O.ClH.Hf/c1-2-4-5-3-1;2*1-2;;/h1-3H,4H2;2*2H,1H3;1H;/q-1;;;;/p-1. The molecule has 0 saturated heterocycles. The van der Waals surface area contributed by atoms with Crippen LogP contribution >= 0.6 is 0 Å². The average Bonchev–Trinajstić information content (AvgIpc) is 2.51. The molecule has 1 aliphatic rings. The number of aliphatic hydroxyl groups excluding tert-OH is 2. The molecule has 1 rings (SSSR count). The molecule has 4 heteroatoms. The summed E-state index contributed by atoms with van der Waals surface area (Å²) in [7, 11) is 2.00. The Kier molecular flexibility index (Phi) is 64.0. The van der Waals surface area contributed by atoms with E-state index in [4.69, 9.17) is 10.2 Å². The van der Waals surface area contributed by atoms with Gasteiger partial charge in [0.25, 0.3) is 0 Å². The monoisotopic (exact) mass is 344 g/mol. The third-order valence-corrected chi connectivity index (χ3v) is 0.586. The van der Waals surface area contributed by atoms with Crippen molar-refractivity contribution in [2.45, 2.75) is 6.42 Å². The normalized spacial score (nSPS) is 9.09. The summed E-state index contributed by atoms with van der Waals surface area (Å²) in [6.07, 6.45) is 10.0. The van der Waals surface area contributed by atoms with Crippen molar-refractivity contribution in [1.82, 2.24) is 0 Å². The van der Waals surface area contributed by atoms with Crippen LogP contribution in [0.3, 0.4) is 0 Å². The van der Waals surface area contributed by atoms with Crippen molar-refractivity contribution in [2.24, 2.45) is 0 Å². The summed E-state index contributed by atoms with van der Waals surface area (Å²) in [5.74, 6) is 0. The van der Waals surface area contributed by atoms with Gasteiger partial charge in [0.2, 0.25) is 0 Å². The second-order valence-electron chi connectivity index (χ2n) is 1.00. The van der Waals surface area contributed by atoms with E-state index in [0.29, 0.717) is 0 Å². The van der Waals surface area contributed by atoms with Gasteiger partial charge < -0.3 is 22.6 Å². The van der Waals surface area contributed by atoms with Crippen molar-refractivity contribution in [3.63, 3.8) is 0 Å². The molecule has 0 aromatic heterocycles. The van der Waals surface area contributed by atoms with Gasteiger partial charge in [-0.05, 0) is 0 Å². The molecule has 0 fully saturated rings. The smallest absolute Gasteiger partial charge is 0.0319 e. The fourth-order valence-corrected chi connectivity index (χ4v) is 0.340. The minimum Gasteiger partial charge on any atom is -1.00 e. The molecule has 0 saturated carbocycles. The van der Waals surface area contributed by atoms with Gasteiger partial charge in [0.15, 0.2) is 0 Å². The van der Waals surface area contributed by atoms with Crippen molar-refractivity contribution in [1.29, 1.82) is 0 Å². The number of rotatable bonds is 0. The largest absolute Gasteiger partial charge is 1.00 e. The molecular weight excluding hydrogens is 330 g/mol. The maximum atomic E-state index is 7.00. The van der Waals surface area contributed by atoms with E-state index in [-0.39, 0.29) is 38.3 Å². The topological polar surface area (TPSA) is 40.5 Å². The predicted octanol–water partition coefficient (Wildman–Crippen LogP) is -2.48. The molecule has 1 aliphatic carbocycles. The molecule has 0 aromatic rings. The van der Waals surface area contributed by atoms with Crippen LogP contribution < -0.4 is 12.4 Å². The summed E-state index contributed by atoms with van der Waals surface area (Å²) in [5.41, 5.74) is 0. The van der Waals surface area contributed by atoms with E-state index >= 15 is 0 Å². The van der Waals surface area contributed by atoms with E-state index < -0.39 is 0 Å². The summed E-state index contributed by atoms with van der Waals surface area (Å²) in [6, 6.07) is 0. The van der Waals surface area contributed by atoms with Gasteiger partial charge in [-0.2, -0.15) is 6.08 Å². The van der Waals surface area contributed by atoms with Crippen LogP contribution in [0.2, 0.25) is 0 Å². The molecule has 0 heterocycles. The second-order valence-corrected chi connectivity index (χ2v) is 1.00. The number of aliphatic hydroxyl groups is 2. The molecule has 0 aromatic carbocycles. The van der Waals surface area contributed by atoms with E-state index in [1.54, 1.807) is 0 Å². The maximum absolute atomic E-state index is 7.00. The molecule has 0 radical (unpaired) electrons. The molecular formula is C7H13ClHfO2-2. The number of hydrogen-bond donors (Lipinski definition) is 2. The predicted molar refractivity (Wildman–Crippen MR) is 37.9 cm³/mol. The molecule has 66 valence electrons. The Balaban J connectivity index is -0.0000000369. The Labute approximate surface area is 93.2 Å². The number of hydrogen-bond acceptors (Lipinski definition) is 2. The molecule has 0 bridgehead atoms. The first kappa shape index (κ1) is 22.6. The summed E-state index contributed by atoms with van der Waals surface area (Å²) in [4.78, 5) is 0. The Hall–Kier alpha value is 0.560. The molecule has 2 N–H and O–H groups in total. The van der Waals surface area contributed by atoms with E-state index in [2.05, 4.69) is 12.2 Å². The van der Waals surface area contributed by atoms with Gasteiger partial charge in [-0.25, -0.2) is 12.2 Å². The van der Waals surface area contributed by atoms with Gasteiger partial charge in [0, 0.05) is 40.1 Å². The number of halogens is 1. The van der Waals surface area contributed by atoms with Gasteiger partial charge in [0.1, 0.15) is 0 Å². The summed E-state index contributed by atoms with van der Waals surface area (Å²) in [6.45, 7) is 0. The fraction of sp³-hybridized carbons (Fsp3) is 0.429. The Morgan fingerprint density at radius 3 is 1.73 bits per heavy atom. The van der Waals surface area contributed by atoms with Crippen LogP contribution in [0.1, 0.15) is 6.42 Å². The number of allylic oxidation sites excluding steroid dienone is 4. The summed E-state index contributed by atoms with van der Waals surface area (Å²) < 4.78 is 0. The molecule has 0 unspecified atom stereocenters. The Morgan fingerprint density at radius 1 is 1.18 bits per heavy atom. The van der Waals surface area contributed by atoms with Gasteiger partial charge in [-0.3, -0.25) is 6.08 Å². The van der Waals surface area contributed by atoms with Gasteiger partial charge >= 0.3 is 0 Å². The Morgan fingerprint density at radius 2 is 1.64 bits per heavy atom. The van der Waals surface area contributed by atoms with Crippen LogP contribution in [0.4, 0.5) is 0 Å². The molecule has 2 nitrogen and oxygen atoms in total. The minimum atomic E-state index is 0. The van der Waals surface area contributed by atoms with E-state index in [9.17, 15) is 0 Å². The molecule has 11 heavy (non-hydrogen) atoms. The van der Waals surface area contributed by atoms with Crippen molar-refractivity contribution in [2.75, 3.05) is 14.2 Å². The van der Waals surface area contributed by atoms with E-state index in [1.807, 2.05) is 12.2 Å².